The predicted octanol–water partition coefficient (Wildman–Crippen LogP) is 1.82. The Kier molecular flexibility index (Phi) is 3.43. The molecule has 8 heteroatoms. The number of hydrogen-bond donors (Lipinski definition) is 1. The number of carboxylic acids is 1. The number of benzene rings is 1. The van der Waals surface area contributed by atoms with Gasteiger partial charge in [0.05, 0.1) is 5.56 Å². The number of tetrazole rings is 1. The van der Waals surface area contributed by atoms with Crippen molar-refractivity contribution < 1.29 is 9.90 Å². The first-order chi connectivity index (χ1) is 8.08. The molecule has 0 bridgehead atoms. The third kappa shape index (κ3) is 2.64. The summed E-state index contributed by atoms with van der Waals surface area (Å²) >= 11 is 4.45. The number of halogens is 1. The highest BCUT2D eigenvalue weighted by atomic mass is 79.9. The molecule has 1 aromatic heterocycles. The number of hydrogen-bond acceptors (Lipinski definition) is 5. The van der Waals surface area contributed by atoms with Gasteiger partial charge in [-0.25, -0.2) is 9.48 Å². The van der Waals surface area contributed by atoms with Crippen LogP contribution in [0.1, 0.15) is 10.4 Å². The van der Waals surface area contributed by atoms with Gasteiger partial charge in [-0.1, -0.05) is 15.9 Å². The van der Waals surface area contributed by atoms with Gasteiger partial charge >= 0.3 is 5.97 Å². The van der Waals surface area contributed by atoms with E-state index in [9.17, 15) is 4.79 Å². The third-order valence-corrected chi connectivity index (χ3v) is 3.55. The minimum atomic E-state index is -0.982. The Balaban J connectivity index is 2.39. The Morgan fingerprint density at radius 1 is 1.53 bits per heavy atom. The van der Waals surface area contributed by atoms with Crippen LogP contribution in [0.15, 0.2) is 32.7 Å². The summed E-state index contributed by atoms with van der Waals surface area (Å²) < 4.78 is 2.20. The largest absolute Gasteiger partial charge is 0.478 e. The quantitative estimate of drug-likeness (QED) is 0.930. The summed E-state index contributed by atoms with van der Waals surface area (Å²) in [6, 6.07) is 5.04. The van der Waals surface area contributed by atoms with Gasteiger partial charge in [0.1, 0.15) is 0 Å². The highest BCUT2D eigenvalue weighted by Crippen LogP contribution is 2.30. The summed E-state index contributed by atoms with van der Waals surface area (Å²) in [4.78, 5) is 11.7. The Hall–Kier alpha value is -1.41. The third-order valence-electron chi connectivity index (χ3n) is 1.95. The lowest BCUT2D eigenvalue weighted by Crippen LogP contribution is -2.00. The molecule has 0 radical (unpaired) electrons. The van der Waals surface area contributed by atoms with Crippen LogP contribution in [0, 0.1) is 0 Å². The zero-order chi connectivity index (χ0) is 12.4. The van der Waals surface area contributed by atoms with E-state index in [4.69, 9.17) is 5.11 Å². The molecule has 0 atom stereocenters. The molecule has 6 nitrogen and oxygen atoms in total. The molecule has 0 saturated heterocycles. The molecule has 17 heavy (non-hydrogen) atoms. The van der Waals surface area contributed by atoms with Crippen molar-refractivity contribution in [3.8, 4) is 0 Å². The van der Waals surface area contributed by atoms with Crippen LogP contribution in [-0.4, -0.2) is 31.3 Å². The molecule has 2 aromatic rings. The van der Waals surface area contributed by atoms with Crippen LogP contribution in [-0.2, 0) is 7.05 Å². The second-order valence-electron chi connectivity index (χ2n) is 3.13. The molecule has 0 saturated carbocycles. The molecule has 1 aromatic carbocycles. The summed E-state index contributed by atoms with van der Waals surface area (Å²) in [5.41, 5.74) is 0.215. The average Bonchev–Trinajstić information content (AvgIpc) is 2.67. The van der Waals surface area contributed by atoms with Gasteiger partial charge in [-0.15, -0.1) is 5.10 Å². The SMILES string of the molecule is Cn1nnnc1Sc1ccc(Br)cc1C(=O)O. The van der Waals surface area contributed by atoms with E-state index in [1.54, 1.807) is 25.2 Å². The molecule has 0 aliphatic heterocycles. The summed E-state index contributed by atoms with van der Waals surface area (Å²) in [6.07, 6.45) is 0. The van der Waals surface area contributed by atoms with Crippen molar-refractivity contribution in [3.63, 3.8) is 0 Å². The number of carboxylic acid groups (broad SMARTS) is 1. The van der Waals surface area contributed by atoms with Crippen molar-refractivity contribution >= 4 is 33.7 Å². The van der Waals surface area contributed by atoms with Crippen LogP contribution in [0.5, 0.6) is 0 Å². The van der Waals surface area contributed by atoms with Crippen LogP contribution < -0.4 is 0 Å². The van der Waals surface area contributed by atoms with Crippen LogP contribution in [0.3, 0.4) is 0 Å². The van der Waals surface area contributed by atoms with Crippen molar-refractivity contribution in [2.75, 3.05) is 0 Å². The summed E-state index contributed by atoms with van der Waals surface area (Å²) in [7, 11) is 1.70. The summed E-state index contributed by atoms with van der Waals surface area (Å²) in [5, 5.41) is 20.6. The second-order valence-corrected chi connectivity index (χ2v) is 5.06. The van der Waals surface area contributed by atoms with Gasteiger partial charge in [0.2, 0.25) is 5.16 Å². The van der Waals surface area contributed by atoms with E-state index in [0.717, 1.165) is 4.47 Å². The highest BCUT2D eigenvalue weighted by molar-refractivity contribution is 9.10. The molecule has 0 aliphatic rings. The molecule has 88 valence electrons. The molecular weight excluding hydrogens is 308 g/mol. The second kappa shape index (κ2) is 4.84. The van der Waals surface area contributed by atoms with Crippen molar-refractivity contribution in [1.82, 2.24) is 20.2 Å². The topological polar surface area (TPSA) is 80.9 Å². The fourth-order valence-electron chi connectivity index (χ4n) is 1.16. The molecule has 2 rings (SSSR count). The van der Waals surface area contributed by atoms with Gasteiger partial charge in [-0.3, -0.25) is 0 Å². The van der Waals surface area contributed by atoms with Crippen molar-refractivity contribution in [2.24, 2.45) is 7.05 Å². The minimum Gasteiger partial charge on any atom is -0.478 e. The number of aromatic carboxylic acids is 1. The maximum atomic E-state index is 11.1. The van der Waals surface area contributed by atoms with Crippen molar-refractivity contribution in [2.45, 2.75) is 10.1 Å². The number of aryl methyl sites for hydroxylation is 1. The van der Waals surface area contributed by atoms with Crippen LogP contribution >= 0.6 is 27.7 Å². The summed E-state index contributed by atoms with van der Waals surface area (Å²) in [5.74, 6) is -0.982. The molecular formula is C9H7BrN4O2S. The molecule has 0 spiro atoms. The van der Waals surface area contributed by atoms with Crippen LogP contribution in [0.25, 0.3) is 0 Å². The average molecular weight is 315 g/mol. The number of aromatic nitrogens is 4. The lowest BCUT2D eigenvalue weighted by atomic mass is 10.2. The Bertz CT molecular complexity index is 572. The van der Waals surface area contributed by atoms with E-state index in [1.807, 2.05) is 0 Å². The van der Waals surface area contributed by atoms with Crippen molar-refractivity contribution in [1.29, 1.82) is 0 Å². The van der Waals surface area contributed by atoms with E-state index in [0.29, 0.717) is 10.1 Å². The van der Waals surface area contributed by atoms with Gasteiger partial charge in [0, 0.05) is 16.4 Å². The summed E-state index contributed by atoms with van der Waals surface area (Å²) in [6.45, 7) is 0. The molecule has 0 aliphatic carbocycles. The van der Waals surface area contributed by atoms with Gasteiger partial charge < -0.3 is 5.11 Å². The van der Waals surface area contributed by atoms with Gasteiger partial charge in [0.15, 0.2) is 0 Å². The lowest BCUT2D eigenvalue weighted by molar-refractivity contribution is 0.0693. The Morgan fingerprint density at radius 3 is 2.88 bits per heavy atom. The maximum Gasteiger partial charge on any atom is 0.336 e. The standard InChI is InChI=1S/C9H7BrN4O2S/c1-14-9(11-12-13-14)17-7-3-2-5(10)4-6(7)8(15)16/h2-4H,1H3,(H,15,16). The van der Waals surface area contributed by atoms with E-state index in [-0.39, 0.29) is 5.56 Å². The monoisotopic (exact) mass is 314 g/mol. The Labute approximate surface area is 109 Å². The molecule has 0 unspecified atom stereocenters. The van der Waals surface area contributed by atoms with Crippen LogP contribution in [0.2, 0.25) is 0 Å². The maximum absolute atomic E-state index is 11.1. The van der Waals surface area contributed by atoms with Crippen LogP contribution in [0.4, 0.5) is 0 Å². The fourth-order valence-corrected chi connectivity index (χ4v) is 2.36. The highest BCUT2D eigenvalue weighted by Gasteiger charge is 2.14. The van der Waals surface area contributed by atoms with Gasteiger partial charge in [-0.05, 0) is 40.4 Å². The fraction of sp³-hybridized carbons (Fsp3) is 0.111. The molecule has 0 fully saturated rings. The molecule has 1 N–H and O–H groups in total. The van der Waals surface area contributed by atoms with Crippen molar-refractivity contribution in [3.05, 3.63) is 28.2 Å². The predicted molar refractivity (Wildman–Crippen MR) is 64.0 cm³/mol. The first-order valence-electron chi connectivity index (χ1n) is 4.51. The molecule has 0 amide bonds. The van der Waals surface area contributed by atoms with Gasteiger partial charge in [0.25, 0.3) is 0 Å². The minimum absolute atomic E-state index is 0.215. The zero-order valence-electron chi connectivity index (χ0n) is 8.66. The van der Waals surface area contributed by atoms with E-state index < -0.39 is 5.97 Å². The lowest BCUT2D eigenvalue weighted by Gasteiger charge is -2.04. The number of rotatable bonds is 3. The van der Waals surface area contributed by atoms with E-state index >= 15 is 0 Å². The smallest absolute Gasteiger partial charge is 0.336 e. The molecule has 1 heterocycles. The number of nitrogens with zero attached hydrogens (tertiary/aromatic N) is 4. The van der Waals surface area contributed by atoms with E-state index in [1.165, 1.54) is 16.4 Å². The Morgan fingerprint density at radius 2 is 2.29 bits per heavy atom. The zero-order valence-corrected chi connectivity index (χ0v) is 11.1. The normalized spacial score (nSPS) is 10.5. The van der Waals surface area contributed by atoms with E-state index in [2.05, 4.69) is 31.5 Å². The first kappa shape index (κ1) is 12.1. The number of carbonyl (C=O) groups is 1. The van der Waals surface area contributed by atoms with Gasteiger partial charge in [-0.2, -0.15) is 0 Å². The first-order valence-corrected chi connectivity index (χ1v) is 6.12.